The lowest BCUT2D eigenvalue weighted by Gasteiger charge is -2.33. The third-order valence-corrected chi connectivity index (χ3v) is 4.56. The second-order valence-corrected chi connectivity index (χ2v) is 6.80. The van der Waals surface area contributed by atoms with Gasteiger partial charge in [0.05, 0.1) is 18.9 Å². The van der Waals surface area contributed by atoms with Crippen LogP contribution in [-0.4, -0.2) is 76.9 Å². The highest BCUT2D eigenvalue weighted by molar-refractivity contribution is 7.13. The van der Waals surface area contributed by atoms with Gasteiger partial charge < -0.3 is 14.5 Å². The number of amides is 1. The minimum atomic E-state index is -0.0246. The summed E-state index contributed by atoms with van der Waals surface area (Å²) >= 11 is 1.47. The van der Waals surface area contributed by atoms with E-state index in [-0.39, 0.29) is 12.0 Å². The molecule has 124 valence electrons. The Kier molecular flexibility index (Phi) is 4.74. The van der Waals surface area contributed by atoms with Gasteiger partial charge in [0, 0.05) is 43.8 Å². The maximum absolute atomic E-state index is 12.7. The number of nitrogens with zero attached hydrogens (tertiary/aromatic N) is 5. The zero-order valence-corrected chi connectivity index (χ0v) is 14.4. The van der Waals surface area contributed by atoms with E-state index in [1.807, 2.05) is 37.6 Å². The molecule has 1 aliphatic heterocycles. The monoisotopic (exact) mass is 335 g/mol. The molecule has 0 spiro atoms. The summed E-state index contributed by atoms with van der Waals surface area (Å²) in [5.41, 5.74) is 1.43. The average Bonchev–Trinajstić information content (AvgIpc) is 3.15. The highest BCUT2D eigenvalue weighted by Crippen LogP contribution is 2.24. The number of rotatable bonds is 4. The van der Waals surface area contributed by atoms with Crippen LogP contribution in [0.4, 0.5) is 0 Å². The Morgan fingerprint density at radius 3 is 3.04 bits per heavy atom. The number of aryl methyl sites for hydroxylation is 1. The van der Waals surface area contributed by atoms with E-state index in [2.05, 4.69) is 15.0 Å². The fraction of sp³-hybridized carbons (Fsp3) is 0.533. The highest BCUT2D eigenvalue weighted by Gasteiger charge is 2.26. The Bertz CT molecular complexity index is 681. The summed E-state index contributed by atoms with van der Waals surface area (Å²) in [6.45, 7) is 2.60. The molecular formula is C15H21N5O2S. The molecule has 0 radical (unpaired) electrons. The van der Waals surface area contributed by atoms with Crippen LogP contribution in [0.1, 0.15) is 10.5 Å². The number of hydrogen-bond acceptors (Lipinski definition) is 6. The first kappa shape index (κ1) is 16.1. The molecule has 3 heterocycles. The molecule has 0 saturated carbocycles. The number of morpholine rings is 1. The third kappa shape index (κ3) is 3.77. The fourth-order valence-electron chi connectivity index (χ4n) is 2.62. The van der Waals surface area contributed by atoms with E-state index in [1.165, 1.54) is 11.3 Å². The first-order valence-corrected chi connectivity index (χ1v) is 8.41. The largest absolute Gasteiger partial charge is 0.373 e. The number of thiazole rings is 1. The van der Waals surface area contributed by atoms with Gasteiger partial charge in [-0.1, -0.05) is 0 Å². The normalized spacial score (nSPS) is 18.6. The van der Waals surface area contributed by atoms with Crippen LogP contribution in [0.25, 0.3) is 10.6 Å². The standard InChI is InChI=1S/C15H21N5O2S/c1-18(2)8-12-9-20(4-5-22-12)15(21)13-10-23-14(17-13)11-6-16-19(3)7-11/h6-7,10,12H,4-5,8-9H2,1-3H3. The Morgan fingerprint density at radius 1 is 1.52 bits per heavy atom. The van der Waals surface area contributed by atoms with Gasteiger partial charge in [-0.15, -0.1) is 11.3 Å². The zero-order chi connectivity index (χ0) is 16.4. The van der Waals surface area contributed by atoms with E-state index in [0.29, 0.717) is 25.4 Å². The van der Waals surface area contributed by atoms with E-state index < -0.39 is 0 Å². The van der Waals surface area contributed by atoms with Gasteiger partial charge in [-0.2, -0.15) is 5.10 Å². The summed E-state index contributed by atoms with van der Waals surface area (Å²) in [7, 11) is 5.87. The number of aromatic nitrogens is 3. The van der Waals surface area contributed by atoms with Crippen molar-refractivity contribution in [3.63, 3.8) is 0 Å². The molecule has 0 bridgehead atoms. The minimum Gasteiger partial charge on any atom is -0.373 e. The van der Waals surface area contributed by atoms with E-state index in [0.717, 1.165) is 17.1 Å². The van der Waals surface area contributed by atoms with Crippen molar-refractivity contribution in [2.45, 2.75) is 6.10 Å². The van der Waals surface area contributed by atoms with Crippen molar-refractivity contribution in [2.75, 3.05) is 40.3 Å². The number of hydrogen-bond donors (Lipinski definition) is 0. The zero-order valence-electron chi connectivity index (χ0n) is 13.6. The molecule has 23 heavy (non-hydrogen) atoms. The van der Waals surface area contributed by atoms with Gasteiger partial charge in [0.1, 0.15) is 10.7 Å². The quantitative estimate of drug-likeness (QED) is 0.832. The Morgan fingerprint density at radius 2 is 2.35 bits per heavy atom. The molecule has 1 aliphatic rings. The molecule has 0 aliphatic carbocycles. The van der Waals surface area contributed by atoms with Crippen LogP contribution in [0.3, 0.4) is 0 Å². The van der Waals surface area contributed by atoms with Gasteiger partial charge in [-0.25, -0.2) is 4.98 Å². The Balaban J connectivity index is 1.69. The molecule has 0 N–H and O–H groups in total. The van der Waals surface area contributed by atoms with E-state index in [4.69, 9.17) is 4.74 Å². The second kappa shape index (κ2) is 6.77. The lowest BCUT2D eigenvalue weighted by atomic mass is 10.2. The molecule has 1 atom stereocenters. The molecule has 1 fully saturated rings. The summed E-state index contributed by atoms with van der Waals surface area (Å²) in [4.78, 5) is 21.0. The van der Waals surface area contributed by atoms with Crippen LogP contribution in [0.2, 0.25) is 0 Å². The molecule has 1 amide bonds. The molecule has 3 rings (SSSR count). The van der Waals surface area contributed by atoms with Gasteiger partial charge in [0.25, 0.3) is 5.91 Å². The predicted molar refractivity (Wildman–Crippen MR) is 88.5 cm³/mol. The minimum absolute atomic E-state index is 0.0246. The molecule has 1 unspecified atom stereocenters. The summed E-state index contributed by atoms with van der Waals surface area (Å²) in [5, 5.41) is 6.78. The lowest BCUT2D eigenvalue weighted by Crippen LogP contribution is -2.48. The number of carbonyl (C=O) groups excluding carboxylic acids is 1. The maximum Gasteiger partial charge on any atom is 0.273 e. The predicted octanol–water partition coefficient (Wildman–Crippen LogP) is 0.946. The smallest absolute Gasteiger partial charge is 0.273 e. The summed E-state index contributed by atoms with van der Waals surface area (Å²) in [6.07, 6.45) is 3.71. The third-order valence-electron chi connectivity index (χ3n) is 3.67. The van der Waals surface area contributed by atoms with Crippen molar-refractivity contribution in [2.24, 2.45) is 7.05 Å². The van der Waals surface area contributed by atoms with Crippen molar-refractivity contribution in [3.05, 3.63) is 23.5 Å². The van der Waals surface area contributed by atoms with Gasteiger partial charge in [0.2, 0.25) is 0 Å². The van der Waals surface area contributed by atoms with Gasteiger partial charge >= 0.3 is 0 Å². The summed E-state index contributed by atoms with van der Waals surface area (Å²) < 4.78 is 7.45. The van der Waals surface area contributed by atoms with Crippen LogP contribution >= 0.6 is 11.3 Å². The molecule has 2 aromatic rings. The van der Waals surface area contributed by atoms with Crippen LogP contribution in [0.15, 0.2) is 17.8 Å². The van der Waals surface area contributed by atoms with E-state index in [1.54, 1.807) is 10.9 Å². The summed E-state index contributed by atoms with van der Waals surface area (Å²) in [6, 6.07) is 0. The van der Waals surface area contributed by atoms with Crippen LogP contribution in [-0.2, 0) is 11.8 Å². The number of likely N-dealkylation sites (N-methyl/N-ethyl adjacent to an activating group) is 1. The van der Waals surface area contributed by atoms with Crippen LogP contribution in [0, 0.1) is 0 Å². The first-order chi connectivity index (χ1) is 11.0. The number of carbonyl (C=O) groups is 1. The lowest BCUT2D eigenvalue weighted by molar-refractivity contribution is -0.0307. The van der Waals surface area contributed by atoms with Crippen molar-refractivity contribution >= 4 is 17.2 Å². The molecule has 8 heteroatoms. The summed E-state index contributed by atoms with van der Waals surface area (Å²) in [5.74, 6) is -0.0246. The highest BCUT2D eigenvalue weighted by atomic mass is 32.1. The molecule has 2 aromatic heterocycles. The SMILES string of the molecule is CN(C)CC1CN(C(=O)c2csc(-c3cnn(C)c3)n2)CCO1. The average molecular weight is 335 g/mol. The first-order valence-electron chi connectivity index (χ1n) is 7.53. The van der Waals surface area contributed by atoms with Crippen LogP contribution < -0.4 is 0 Å². The van der Waals surface area contributed by atoms with E-state index >= 15 is 0 Å². The molecular weight excluding hydrogens is 314 g/mol. The molecule has 0 aromatic carbocycles. The number of ether oxygens (including phenoxy) is 1. The van der Waals surface area contributed by atoms with Crippen LogP contribution in [0.5, 0.6) is 0 Å². The van der Waals surface area contributed by atoms with Crippen molar-refractivity contribution in [3.8, 4) is 10.6 Å². The van der Waals surface area contributed by atoms with E-state index in [9.17, 15) is 4.79 Å². The Hall–Kier alpha value is -1.77. The van der Waals surface area contributed by atoms with Crippen molar-refractivity contribution < 1.29 is 9.53 Å². The second-order valence-electron chi connectivity index (χ2n) is 5.95. The van der Waals surface area contributed by atoms with Gasteiger partial charge in [0.15, 0.2) is 0 Å². The molecule has 7 nitrogen and oxygen atoms in total. The fourth-order valence-corrected chi connectivity index (χ4v) is 3.39. The topological polar surface area (TPSA) is 63.5 Å². The Labute approximate surface area is 139 Å². The van der Waals surface area contributed by atoms with Gasteiger partial charge in [-0.05, 0) is 14.1 Å². The van der Waals surface area contributed by atoms with Crippen molar-refractivity contribution in [1.29, 1.82) is 0 Å². The van der Waals surface area contributed by atoms with Gasteiger partial charge in [-0.3, -0.25) is 9.48 Å². The van der Waals surface area contributed by atoms with Crippen molar-refractivity contribution in [1.82, 2.24) is 24.6 Å². The molecule has 1 saturated heterocycles. The maximum atomic E-state index is 12.7.